The van der Waals surface area contributed by atoms with Crippen LogP contribution in [0.3, 0.4) is 0 Å². The highest BCUT2D eigenvalue weighted by atomic mass is 32.2. The predicted octanol–water partition coefficient (Wildman–Crippen LogP) is 5.52. The molecule has 1 heterocycles. The summed E-state index contributed by atoms with van der Waals surface area (Å²) in [7, 11) is -3.51. The normalized spacial score (nSPS) is 11.9. The van der Waals surface area contributed by atoms with E-state index in [1.165, 1.54) is 10.4 Å². The van der Waals surface area contributed by atoms with E-state index in [9.17, 15) is 13.2 Å². The van der Waals surface area contributed by atoms with E-state index in [2.05, 4.69) is 28.4 Å². The summed E-state index contributed by atoms with van der Waals surface area (Å²) in [6, 6.07) is 16.2. The van der Waals surface area contributed by atoms with Crippen LogP contribution in [0.4, 0.5) is 11.4 Å². The zero-order valence-electron chi connectivity index (χ0n) is 16.8. The van der Waals surface area contributed by atoms with E-state index in [0.717, 1.165) is 5.56 Å². The zero-order valence-corrected chi connectivity index (χ0v) is 18.4. The fourth-order valence-electron chi connectivity index (χ4n) is 2.50. The van der Waals surface area contributed by atoms with Gasteiger partial charge in [-0.3, -0.25) is 9.52 Å². The molecule has 0 aliphatic rings. The number of hydrogen-bond donors (Lipinski definition) is 2. The minimum absolute atomic E-state index is 0.255. The van der Waals surface area contributed by atoms with Crippen LogP contribution in [0, 0.1) is 6.92 Å². The SMILES string of the molecule is Cc1csc(-c2ccc(NC(=O)c3ccc(NS(=O)(=O)C(C)(C)C)cc3)cc2)c1. The Kier molecular flexibility index (Phi) is 5.82. The van der Waals surface area contributed by atoms with Gasteiger partial charge in [-0.1, -0.05) is 12.1 Å². The van der Waals surface area contributed by atoms with Crippen molar-refractivity contribution in [3.05, 3.63) is 71.1 Å². The third kappa shape index (κ3) is 5.05. The predicted molar refractivity (Wildman–Crippen MR) is 121 cm³/mol. The third-order valence-corrected chi connectivity index (χ3v) is 7.58. The molecule has 2 N–H and O–H groups in total. The van der Waals surface area contributed by atoms with Crippen molar-refractivity contribution in [3.63, 3.8) is 0 Å². The Morgan fingerprint density at radius 2 is 1.52 bits per heavy atom. The maximum absolute atomic E-state index is 12.5. The fourth-order valence-corrected chi connectivity index (χ4v) is 4.16. The number of anilines is 2. The standard InChI is InChI=1S/C22H24N2O3S2/c1-15-13-20(28-14-15)16-5-9-18(10-6-16)23-21(25)17-7-11-19(12-8-17)24-29(26,27)22(2,3)4/h5-14,24H,1-4H3,(H,23,25). The number of hydrogen-bond acceptors (Lipinski definition) is 4. The van der Waals surface area contributed by atoms with Crippen molar-refractivity contribution in [2.45, 2.75) is 32.4 Å². The maximum atomic E-state index is 12.5. The van der Waals surface area contributed by atoms with Crippen LogP contribution < -0.4 is 10.0 Å². The topological polar surface area (TPSA) is 75.3 Å². The van der Waals surface area contributed by atoms with Gasteiger partial charge in [-0.2, -0.15) is 0 Å². The molecule has 1 aromatic heterocycles. The van der Waals surface area contributed by atoms with Crippen molar-refractivity contribution < 1.29 is 13.2 Å². The molecule has 29 heavy (non-hydrogen) atoms. The molecule has 0 unspecified atom stereocenters. The van der Waals surface area contributed by atoms with E-state index >= 15 is 0 Å². The quantitative estimate of drug-likeness (QED) is 0.562. The molecule has 152 valence electrons. The minimum atomic E-state index is -3.51. The van der Waals surface area contributed by atoms with E-state index in [1.54, 1.807) is 56.4 Å². The Morgan fingerprint density at radius 1 is 0.931 bits per heavy atom. The number of benzene rings is 2. The number of carbonyl (C=O) groups excluding carboxylic acids is 1. The molecule has 2 aromatic carbocycles. The molecule has 7 heteroatoms. The van der Waals surface area contributed by atoms with Crippen molar-refractivity contribution in [1.82, 2.24) is 0 Å². The average Bonchev–Trinajstić information content (AvgIpc) is 3.08. The molecule has 0 saturated heterocycles. The van der Waals surface area contributed by atoms with E-state index in [4.69, 9.17) is 0 Å². The van der Waals surface area contributed by atoms with Crippen LogP contribution in [0.15, 0.2) is 60.0 Å². The molecule has 0 aliphatic heterocycles. The molecule has 3 rings (SSSR count). The number of aryl methyl sites for hydroxylation is 1. The molecule has 0 saturated carbocycles. The second-order valence-corrected chi connectivity index (χ2v) is 11.2. The van der Waals surface area contributed by atoms with Crippen LogP contribution in [-0.4, -0.2) is 19.1 Å². The Balaban J connectivity index is 1.66. The van der Waals surface area contributed by atoms with Gasteiger partial charge in [0.15, 0.2) is 0 Å². The first-order chi connectivity index (χ1) is 13.5. The number of rotatable bonds is 5. The molecule has 0 bridgehead atoms. The monoisotopic (exact) mass is 428 g/mol. The third-order valence-electron chi connectivity index (χ3n) is 4.36. The van der Waals surface area contributed by atoms with E-state index in [-0.39, 0.29) is 5.91 Å². The summed E-state index contributed by atoms with van der Waals surface area (Å²) in [4.78, 5) is 13.7. The zero-order chi connectivity index (χ0) is 21.2. The van der Waals surface area contributed by atoms with Crippen LogP contribution in [-0.2, 0) is 10.0 Å². The van der Waals surface area contributed by atoms with E-state index < -0.39 is 14.8 Å². The van der Waals surface area contributed by atoms with Gasteiger partial charge in [0.05, 0.1) is 4.75 Å². The van der Waals surface area contributed by atoms with Crippen LogP contribution in [0.2, 0.25) is 0 Å². The molecular weight excluding hydrogens is 404 g/mol. The van der Waals surface area contributed by atoms with Gasteiger partial charge in [0, 0.05) is 21.8 Å². The van der Waals surface area contributed by atoms with Crippen LogP contribution >= 0.6 is 11.3 Å². The van der Waals surface area contributed by atoms with Crippen LogP contribution in [0.25, 0.3) is 10.4 Å². The highest BCUT2D eigenvalue weighted by Crippen LogP contribution is 2.28. The molecule has 3 aromatic rings. The Hall–Kier alpha value is -2.64. The van der Waals surface area contributed by atoms with Crippen molar-refractivity contribution >= 4 is 38.6 Å². The number of thiophene rings is 1. The molecule has 0 atom stereocenters. The van der Waals surface area contributed by atoms with Crippen LogP contribution in [0.5, 0.6) is 0 Å². The van der Waals surface area contributed by atoms with Gasteiger partial charge in [-0.05, 0) is 86.7 Å². The van der Waals surface area contributed by atoms with Gasteiger partial charge in [0.25, 0.3) is 5.91 Å². The van der Waals surface area contributed by atoms with Crippen molar-refractivity contribution in [2.75, 3.05) is 10.0 Å². The summed E-state index contributed by atoms with van der Waals surface area (Å²) in [5, 5.41) is 4.97. The van der Waals surface area contributed by atoms with Gasteiger partial charge in [-0.25, -0.2) is 8.42 Å². The first kappa shape index (κ1) is 21.1. The van der Waals surface area contributed by atoms with Gasteiger partial charge in [-0.15, -0.1) is 11.3 Å². The summed E-state index contributed by atoms with van der Waals surface area (Å²) < 4.78 is 26.1. The highest BCUT2D eigenvalue weighted by Gasteiger charge is 2.28. The second kappa shape index (κ2) is 8.00. The molecular formula is C22H24N2O3S2. The first-order valence-electron chi connectivity index (χ1n) is 9.14. The lowest BCUT2D eigenvalue weighted by molar-refractivity contribution is 0.102. The van der Waals surface area contributed by atoms with E-state index in [0.29, 0.717) is 16.9 Å². The summed E-state index contributed by atoms with van der Waals surface area (Å²) in [6.45, 7) is 6.94. The number of carbonyl (C=O) groups is 1. The van der Waals surface area contributed by atoms with E-state index in [1.807, 2.05) is 24.3 Å². The number of sulfonamides is 1. The van der Waals surface area contributed by atoms with Gasteiger partial charge >= 0.3 is 0 Å². The van der Waals surface area contributed by atoms with Gasteiger partial charge in [0.1, 0.15) is 0 Å². The Bertz CT molecular complexity index is 1110. The molecule has 0 aliphatic carbocycles. The molecule has 5 nitrogen and oxygen atoms in total. The average molecular weight is 429 g/mol. The van der Waals surface area contributed by atoms with Crippen molar-refractivity contribution in [1.29, 1.82) is 0 Å². The van der Waals surface area contributed by atoms with Crippen LogP contribution in [0.1, 0.15) is 36.7 Å². The number of amides is 1. The van der Waals surface area contributed by atoms with Crippen molar-refractivity contribution in [2.24, 2.45) is 0 Å². The largest absolute Gasteiger partial charge is 0.322 e. The lowest BCUT2D eigenvalue weighted by Crippen LogP contribution is -2.33. The number of nitrogens with one attached hydrogen (secondary N) is 2. The lowest BCUT2D eigenvalue weighted by atomic mass is 10.1. The molecule has 0 fully saturated rings. The second-order valence-electron chi connectivity index (χ2n) is 7.82. The summed E-state index contributed by atoms with van der Waals surface area (Å²) in [5.74, 6) is -0.255. The molecule has 0 radical (unpaired) electrons. The smallest absolute Gasteiger partial charge is 0.255 e. The molecule has 1 amide bonds. The summed E-state index contributed by atoms with van der Waals surface area (Å²) in [5.41, 5.74) is 3.91. The highest BCUT2D eigenvalue weighted by molar-refractivity contribution is 7.94. The lowest BCUT2D eigenvalue weighted by Gasteiger charge is -2.20. The van der Waals surface area contributed by atoms with Crippen molar-refractivity contribution in [3.8, 4) is 10.4 Å². The first-order valence-corrected chi connectivity index (χ1v) is 11.5. The van der Waals surface area contributed by atoms with Gasteiger partial charge < -0.3 is 5.32 Å². The minimum Gasteiger partial charge on any atom is -0.322 e. The summed E-state index contributed by atoms with van der Waals surface area (Å²) >= 11 is 1.69. The van der Waals surface area contributed by atoms with Gasteiger partial charge in [0.2, 0.25) is 10.0 Å². The Morgan fingerprint density at radius 3 is 2.03 bits per heavy atom. The maximum Gasteiger partial charge on any atom is 0.255 e. The summed E-state index contributed by atoms with van der Waals surface area (Å²) in [6.07, 6.45) is 0. The molecule has 0 spiro atoms. The fraction of sp³-hybridized carbons (Fsp3) is 0.227. The Labute approximate surface area is 175 Å².